The van der Waals surface area contributed by atoms with Crippen LogP contribution in [0.3, 0.4) is 0 Å². The van der Waals surface area contributed by atoms with Gasteiger partial charge in [-0.15, -0.1) is 0 Å². The minimum absolute atomic E-state index is 0.819. The van der Waals surface area contributed by atoms with E-state index in [1.54, 1.807) is 12.4 Å². The summed E-state index contributed by atoms with van der Waals surface area (Å²) in [5, 5.41) is 4.58. The highest BCUT2D eigenvalue weighted by molar-refractivity contribution is 5.77. The Kier molecular flexibility index (Phi) is 4.79. The predicted molar refractivity (Wildman–Crippen MR) is 109 cm³/mol. The number of nitrogens with zero attached hydrogens (tertiary/aromatic N) is 7. The van der Waals surface area contributed by atoms with Crippen LogP contribution < -0.4 is 0 Å². The third kappa shape index (κ3) is 3.52. The smallest absolute Gasteiger partial charge is 0.164 e. The number of aromatic nitrogens is 6. The number of rotatable bonds is 5. The molecule has 8 heteroatoms. The monoisotopic (exact) mass is 389 g/mol. The Morgan fingerprint density at radius 2 is 1.86 bits per heavy atom. The van der Waals surface area contributed by atoms with Crippen molar-refractivity contribution in [1.82, 2.24) is 34.0 Å². The maximum atomic E-state index is 5.42. The average Bonchev–Trinajstić information content (AvgIpc) is 3.36. The largest absolute Gasteiger partial charge is 0.379 e. The number of ether oxygens (including phenoxy) is 1. The van der Waals surface area contributed by atoms with Crippen LogP contribution in [0, 0.1) is 6.92 Å². The molecule has 0 atom stereocenters. The Balaban J connectivity index is 1.45. The highest BCUT2D eigenvalue weighted by Gasteiger charge is 2.17. The van der Waals surface area contributed by atoms with E-state index < -0.39 is 0 Å². The van der Waals surface area contributed by atoms with Crippen LogP contribution >= 0.6 is 0 Å². The zero-order valence-electron chi connectivity index (χ0n) is 16.4. The lowest BCUT2D eigenvalue weighted by Crippen LogP contribution is -2.38. The number of aryl methyl sites for hydroxylation is 1. The second kappa shape index (κ2) is 7.73. The SMILES string of the molecule is Cc1nc2c(-c3ccncc3)nccn2c1-c1cnn(CCN2CCOCC2)c1. The van der Waals surface area contributed by atoms with E-state index in [9.17, 15) is 0 Å². The van der Waals surface area contributed by atoms with E-state index in [2.05, 4.69) is 30.6 Å². The highest BCUT2D eigenvalue weighted by atomic mass is 16.5. The molecule has 4 aromatic rings. The molecule has 148 valence electrons. The van der Waals surface area contributed by atoms with Gasteiger partial charge in [-0.3, -0.25) is 24.0 Å². The summed E-state index contributed by atoms with van der Waals surface area (Å²) in [5.41, 5.74) is 5.76. The Morgan fingerprint density at radius 3 is 2.69 bits per heavy atom. The van der Waals surface area contributed by atoms with Crippen molar-refractivity contribution in [3.05, 3.63) is 55.0 Å². The summed E-state index contributed by atoms with van der Waals surface area (Å²) < 4.78 is 9.53. The van der Waals surface area contributed by atoms with Crippen LogP contribution in [-0.2, 0) is 11.3 Å². The molecule has 5 rings (SSSR count). The second-order valence-electron chi connectivity index (χ2n) is 7.20. The van der Waals surface area contributed by atoms with Gasteiger partial charge in [-0.1, -0.05) is 0 Å². The Hall–Kier alpha value is -3.10. The van der Waals surface area contributed by atoms with Crippen molar-refractivity contribution in [3.63, 3.8) is 0 Å². The van der Waals surface area contributed by atoms with Crippen molar-refractivity contribution in [3.8, 4) is 22.5 Å². The van der Waals surface area contributed by atoms with E-state index in [0.29, 0.717) is 0 Å². The first-order valence-corrected chi connectivity index (χ1v) is 9.86. The van der Waals surface area contributed by atoms with Crippen molar-refractivity contribution >= 4 is 5.65 Å². The van der Waals surface area contributed by atoms with Gasteiger partial charge < -0.3 is 4.74 Å². The maximum Gasteiger partial charge on any atom is 0.164 e. The van der Waals surface area contributed by atoms with Crippen LogP contribution in [0.1, 0.15) is 5.69 Å². The topological polar surface area (TPSA) is 73.4 Å². The molecule has 1 fully saturated rings. The van der Waals surface area contributed by atoms with Crippen LogP contribution in [0.2, 0.25) is 0 Å². The number of pyridine rings is 1. The van der Waals surface area contributed by atoms with Gasteiger partial charge in [0.15, 0.2) is 5.65 Å². The minimum Gasteiger partial charge on any atom is -0.379 e. The Bertz CT molecular complexity index is 1110. The minimum atomic E-state index is 0.819. The molecule has 4 aromatic heterocycles. The van der Waals surface area contributed by atoms with Crippen LogP contribution in [0.4, 0.5) is 0 Å². The average molecular weight is 389 g/mol. The lowest BCUT2D eigenvalue weighted by atomic mass is 10.2. The van der Waals surface area contributed by atoms with Gasteiger partial charge in [0.2, 0.25) is 0 Å². The molecule has 1 saturated heterocycles. The quantitative estimate of drug-likeness (QED) is 0.521. The van der Waals surface area contributed by atoms with E-state index in [1.165, 1.54) is 0 Å². The Labute approximate surface area is 168 Å². The predicted octanol–water partition coefficient (Wildman–Crippen LogP) is 2.30. The molecule has 0 amide bonds. The molecule has 8 nitrogen and oxygen atoms in total. The summed E-state index contributed by atoms with van der Waals surface area (Å²) in [6.07, 6.45) is 11.3. The maximum absolute atomic E-state index is 5.42. The summed E-state index contributed by atoms with van der Waals surface area (Å²) in [7, 11) is 0. The molecule has 0 saturated carbocycles. The van der Waals surface area contributed by atoms with Crippen molar-refractivity contribution in [2.45, 2.75) is 13.5 Å². The first-order valence-electron chi connectivity index (χ1n) is 9.86. The van der Waals surface area contributed by atoms with E-state index in [-0.39, 0.29) is 0 Å². The van der Waals surface area contributed by atoms with E-state index in [4.69, 9.17) is 9.72 Å². The zero-order chi connectivity index (χ0) is 19.6. The Morgan fingerprint density at radius 1 is 1.03 bits per heavy atom. The number of fused-ring (bicyclic) bond motifs is 1. The van der Waals surface area contributed by atoms with Crippen LogP contribution in [0.15, 0.2) is 49.3 Å². The fraction of sp³-hybridized carbons (Fsp3) is 0.333. The van der Waals surface area contributed by atoms with Crippen LogP contribution in [-0.4, -0.2) is 66.9 Å². The first-order chi connectivity index (χ1) is 14.3. The van der Waals surface area contributed by atoms with Crippen LogP contribution in [0.5, 0.6) is 0 Å². The van der Waals surface area contributed by atoms with Gasteiger partial charge in [0, 0.05) is 61.7 Å². The van der Waals surface area contributed by atoms with Gasteiger partial charge in [0.25, 0.3) is 0 Å². The van der Waals surface area contributed by atoms with E-state index in [0.717, 1.165) is 73.2 Å². The summed E-state index contributed by atoms with van der Waals surface area (Å²) in [6.45, 7) is 7.49. The summed E-state index contributed by atoms with van der Waals surface area (Å²) >= 11 is 0. The molecule has 0 bridgehead atoms. The fourth-order valence-corrected chi connectivity index (χ4v) is 3.83. The van der Waals surface area contributed by atoms with Crippen molar-refractivity contribution in [2.75, 3.05) is 32.8 Å². The zero-order valence-corrected chi connectivity index (χ0v) is 16.4. The van der Waals surface area contributed by atoms with Crippen molar-refractivity contribution in [1.29, 1.82) is 0 Å². The molecule has 0 unspecified atom stereocenters. The standard InChI is InChI=1S/C21H23N7O/c1-16-20(18-14-24-27(15-18)9-8-26-10-12-29-13-11-26)28-7-6-23-19(21(28)25-16)17-2-4-22-5-3-17/h2-7,14-15H,8-13H2,1H3. The van der Waals surface area contributed by atoms with Gasteiger partial charge in [0.1, 0.15) is 5.69 Å². The molecular weight excluding hydrogens is 366 g/mol. The molecule has 0 radical (unpaired) electrons. The molecule has 5 heterocycles. The van der Waals surface area contributed by atoms with E-state index >= 15 is 0 Å². The van der Waals surface area contributed by atoms with Crippen molar-refractivity contribution < 1.29 is 4.74 Å². The van der Waals surface area contributed by atoms with E-state index in [1.807, 2.05) is 42.3 Å². The molecule has 29 heavy (non-hydrogen) atoms. The molecule has 0 aromatic carbocycles. The second-order valence-corrected chi connectivity index (χ2v) is 7.20. The van der Waals surface area contributed by atoms with Gasteiger partial charge in [-0.25, -0.2) is 4.98 Å². The van der Waals surface area contributed by atoms with Gasteiger partial charge >= 0.3 is 0 Å². The summed E-state index contributed by atoms with van der Waals surface area (Å²) in [5.74, 6) is 0. The molecule has 0 aliphatic carbocycles. The summed E-state index contributed by atoms with van der Waals surface area (Å²) in [4.78, 5) is 15.9. The van der Waals surface area contributed by atoms with Gasteiger partial charge in [0.05, 0.1) is 37.3 Å². The third-order valence-corrected chi connectivity index (χ3v) is 5.33. The highest BCUT2D eigenvalue weighted by Crippen LogP contribution is 2.28. The molecule has 1 aliphatic heterocycles. The number of hydrogen-bond acceptors (Lipinski definition) is 6. The van der Waals surface area contributed by atoms with Gasteiger partial charge in [-0.2, -0.15) is 5.10 Å². The summed E-state index contributed by atoms with van der Waals surface area (Å²) in [6, 6.07) is 3.91. The molecule has 0 spiro atoms. The lowest BCUT2D eigenvalue weighted by Gasteiger charge is -2.26. The number of morpholine rings is 1. The van der Waals surface area contributed by atoms with Crippen LogP contribution in [0.25, 0.3) is 28.2 Å². The van der Waals surface area contributed by atoms with Gasteiger partial charge in [-0.05, 0) is 19.1 Å². The number of hydrogen-bond donors (Lipinski definition) is 0. The first kappa shape index (κ1) is 18.0. The third-order valence-electron chi connectivity index (χ3n) is 5.33. The van der Waals surface area contributed by atoms with Crippen molar-refractivity contribution in [2.24, 2.45) is 0 Å². The molecular formula is C21H23N7O. The molecule has 0 N–H and O–H groups in total. The lowest BCUT2D eigenvalue weighted by molar-refractivity contribution is 0.0360. The molecule has 1 aliphatic rings. The normalized spacial score (nSPS) is 15.2. The fourth-order valence-electron chi connectivity index (χ4n) is 3.83. The number of imidazole rings is 1.